The van der Waals surface area contributed by atoms with Crippen LogP contribution < -0.4 is 5.32 Å². The van der Waals surface area contributed by atoms with E-state index in [4.69, 9.17) is 0 Å². The number of piperidine rings is 2. The van der Waals surface area contributed by atoms with E-state index in [0.29, 0.717) is 0 Å². The van der Waals surface area contributed by atoms with Gasteiger partial charge < -0.3 is 5.32 Å². The van der Waals surface area contributed by atoms with Crippen molar-refractivity contribution in [3.63, 3.8) is 0 Å². The molecule has 0 radical (unpaired) electrons. The Kier molecular flexibility index (Phi) is 3.44. The Bertz CT molecular complexity index is 349. The molecule has 2 aliphatic heterocycles. The van der Waals surface area contributed by atoms with Gasteiger partial charge >= 0.3 is 0 Å². The van der Waals surface area contributed by atoms with Gasteiger partial charge in [-0.05, 0) is 49.9 Å². The monoisotopic (exact) mass is 230 g/mol. The molecule has 2 nitrogen and oxygen atoms in total. The lowest BCUT2D eigenvalue weighted by Crippen LogP contribution is -2.47. The summed E-state index contributed by atoms with van der Waals surface area (Å²) in [6, 6.07) is 10.9. The molecule has 2 atom stereocenters. The third-order valence-corrected chi connectivity index (χ3v) is 4.32. The number of likely N-dealkylation sites (tertiary alicyclic amines) is 1. The number of benzene rings is 1. The van der Waals surface area contributed by atoms with Crippen molar-refractivity contribution in [1.82, 2.24) is 10.2 Å². The summed E-state index contributed by atoms with van der Waals surface area (Å²) in [5.41, 5.74) is 1.46. The number of rotatable bonds is 2. The minimum atomic E-state index is 0.939. The molecular formula is C15H22N2. The van der Waals surface area contributed by atoms with E-state index in [1.54, 1.807) is 0 Å². The molecule has 3 rings (SSSR count). The van der Waals surface area contributed by atoms with Crippen LogP contribution in [0.2, 0.25) is 0 Å². The van der Waals surface area contributed by atoms with Crippen molar-refractivity contribution in [3.05, 3.63) is 35.9 Å². The maximum absolute atomic E-state index is 3.53. The summed E-state index contributed by atoms with van der Waals surface area (Å²) in [4.78, 5) is 2.64. The molecule has 0 spiro atoms. The summed E-state index contributed by atoms with van der Waals surface area (Å²) in [6.07, 6.45) is 2.75. The molecule has 2 fully saturated rings. The highest BCUT2D eigenvalue weighted by atomic mass is 15.1. The van der Waals surface area contributed by atoms with Crippen LogP contribution in [0.15, 0.2) is 30.3 Å². The van der Waals surface area contributed by atoms with E-state index in [2.05, 4.69) is 40.5 Å². The fourth-order valence-corrected chi connectivity index (χ4v) is 3.31. The summed E-state index contributed by atoms with van der Waals surface area (Å²) in [7, 11) is 0. The van der Waals surface area contributed by atoms with Gasteiger partial charge in [0.15, 0.2) is 0 Å². The zero-order valence-corrected chi connectivity index (χ0v) is 10.4. The zero-order valence-electron chi connectivity index (χ0n) is 10.4. The molecule has 1 N–H and O–H groups in total. The SMILES string of the molecule is c1ccc(CN2CC[C@@H]3CNCC[C@H]3C2)cc1. The Hall–Kier alpha value is -0.860. The molecule has 0 bridgehead atoms. The molecule has 92 valence electrons. The summed E-state index contributed by atoms with van der Waals surface area (Å²) < 4.78 is 0. The molecular weight excluding hydrogens is 208 g/mol. The minimum absolute atomic E-state index is 0.939. The molecule has 0 unspecified atom stereocenters. The van der Waals surface area contributed by atoms with Gasteiger partial charge in [-0.3, -0.25) is 4.90 Å². The quantitative estimate of drug-likeness (QED) is 0.837. The van der Waals surface area contributed by atoms with Crippen LogP contribution in [0.25, 0.3) is 0 Å². The molecule has 17 heavy (non-hydrogen) atoms. The van der Waals surface area contributed by atoms with E-state index in [-0.39, 0.29) is 0 Å². The van der Waals surface area contributed by atoms with Gasteiger partial charge in [-0.2, -0.15) is 0 Å². The highest BCUT2D eigenvalue weighted by molar-refractivity contribution is 5.14. The van der Waals surface area contributed by atoms with E-state index in [0.717, 1.165) is 18.4 Å². The van der Waals surface area contributed by atoms with Crippen LogP contribution in [0.1, 0.15) is 18.4 Å². The first kappa shape index (κ1) is 11.2. The lowest BCUT2D eigenvalue weighted by molar-refractivity contribution is 0.0904. The van der Waals surface area contributed by atoms with Gasteiger partial charge in [-0.1, -0.05) is 30.3 Å². The van der Waals surface area contributed by atoms with Crippen molar-refractivity contribution >= 4 is 0 Å². The third kappa shape index (κ3) is 2.70. The fraction of sp³-hybridized carbons (Fsp3) is 0.600. The topological polar surface area (TPSA) is 15.3 Å². The number of fused-ring (bicyclic) bond motifs is 1. The average molecular weight is 230 g/mol. The Morgan fingerprint density at radius 3 is 2.88 bits per heavy atom. The maximum atomic E-state index is 3.53. The molecule has 2 aliphatic rings. The van der Waals surface area contributed by atoms with Crippen molar-refractivity contribution in [2.75, 3.05) is 26.2 Å². The van der Waals surface area contributed by atoms with Crippen LogP contribution in [0.4, 0.5) is 0 Å². The number of nitrogens with one attached hydrogen (secondary N) is 1. The predicted molar refractivity (Wildman–Crippen MR) is 70.8 cm³/mol. The van der Waals surface area contributed by atoms with E-state index >= 15 is 0 Å². The van der Waals surface area contributed by atoms with Crippen LogP contribution in [0, 0.1) is 11.8 Å². The molecule has 1 aromatic carbocycles. The number of hydrogen-bond acceptors (Lipinski definition) is 2. The molecule has 1 aromatic rings. The van der Waals surface area contributed by atoms with E-state index < -0.39 is 0 Å². The highest BCUT2D eigenvalue weighted by Crippen LogP contribution is 2.28. The van der Waals surface area contributed by atoms with Crippen LogP contribution >= 0.6 is 0 Å². The minimum Gasteiger partial charge on any atom is -0.316 e. The smallest absolute Gasteiger partial charge is 0.0233 e. The second kappa shape index (κ2) is 5.19. The second-order valence-corrected chi connectivity index (χ2v) is 5.52. The highest BCUT2D eigenvalue weighted by Gasteiger charge is 2.30. The molecule has 0 aliphatic carbocycles. The van der Waals surface area contributed by atoms with Gasteiger partial charge in [-0.15, -0.1) is 0 Å². The van der Waals surface area contributed by atoms with E-state index in [9.17, 15) is 0 Å². The molecule has 0 aromatic heterocycles. The van der Waals surface area contributed by atoms with E-state index in [1.165, 1.54) is 44.6 Å². The standard InChI is InChI=1S/C15H22N2/c1-2-4-13(5-3-1)11-17-9-7-14-10-16-8-6-15(14)12-17/h1-5,14-16H,6-12H2/t14-,15+/m1/s1. The van der Waals surface area contributed by atoms with Gasteiger partial charge in [0.1, 0.15) is 0 Å². The van der Waals surface area contributed by atoms with Crippen LogP contribution in [0.5, 0.6) is 0 Å². The van der Waals surface area contributed by atoms with Gasteiger partial charge in [0.25, 0.3) is 0 Å². The molecule has 2 saturated heterocycles. The number of nitrogens with zero attached hydrogens (tertiary/aromatic N) is 1. The van der Waals surface area contributed by atoms with E-state index in [1.807, 2.05) is 0 Å². The fourth-order valence-electron chi connectivity index (χ4n) is 3.31. The van der Waals surface area contributed by atoms with Crippen molar-refractivity contribution in [2.45, 2.75) is 19.4 Å². The second-order valence-electron chi connectivity index (χ2n) is 5.52. The molecule has 2 heteroatoms. The third-order valence-electron chi connectivity index (χ3n) is 4.32. The summed E-state index contributed by atoms with van der Waals surface area (Å²) in [5, 5.41) is 3.53. The molecule has 0 amide bonds. The van der Waals surface area contributed by atoms with Crippen molar-refractivity contribution in [2.24, 2.45) is 11.8 Å². The summed E-state index contributed by atoms with van der Waals surface area (Å²) >= 11 is 0. The largest absolute Gasteiger partial charge is 0.316 e. The van der Waals surface area contributed by atoms with Gasteiger partial charge in [0.05, 0.1) is 0 Å². The Balaban J connectivity index is 1.59. The first-order valence-corrected chi connectivity index (χ1v) is 6.89. The first-order chi connectivity index (χ1) is 8.42. The number of hydrogen-bond donors (Lipinski definition) is 1. The zero-order chi connectivity index (χ0) is 11.5. The van der Waals surface area contributed by atoms with Crippen molar-refractivity contribution in [3.8, 4) is 0 Å². The van der Waals surface area contributed by atoms with Crippen molar-refractivity contribution < 1.29 is 0 Å². The summed E-state index contributed by atoms with van der Waals surface area (Å²) in [5.74, 6) is 1.88. The van der Waals surface area contributed by atoms with Crippen LogP contribution in [-0.4, -0.2) is 31.1 Å². The van der Waals surface area contributed by atoms with Gasteiger partial charge in [0, 0.05) is 13.1 Å². The summed E-state index contributed by atoms with van der Waals surface area (Å²) in [6.45, 7) is 6.20. The van der Waals surface area contributed by atoms with Crippen LogP contribution in [-0.2, 0) is 6.54 Å². The lowest BCUT2D eigenvalue weighted by atomic mass is 9.81. The van der Waals surface area contributed by atoms with Crippen LogP contribution in [0.3, 0.4) is 0 Å². The predicted octanol–water partition coefficient (Wildman–Crippen LogP) is 2.12. The first-order valence-electron chi connectivity index (χ1n) is 6.89. The Morgan fingerprint density at radius 2 is 2.00 bits per heavy atom. The molecule has 0 saturated carbocycles. The van der Waals surface area contributed by atoms with Crippen molar-refractivity contribution in [1.29, 1.82) is 0 Å². The molecule has 2 heterocycles. The normalized spacial score (nSPS) is 29.9. The lowest BCUT2D eigenvalue weighted by Gasteiger charge is -2.41. The average Bonchev–Trinajstić information content (AvgIpc) is 2.40. The Morgan fingerprint density at radius 1 is 1.12 bits per heavy atom. The van der Waals surface area contributed by atoms with Gasteiger partial charge in [0.2, 0.25) is 0 Å². The Labute approximate surface area is 104 Å². The van der Waals surface area contributed by atoms with Gasteiger partial charge in [-0.25, -0.2) is 0 Å². The maximum Gasteiger partial charge on any atom is 0.0233 e.